The molecule has 0 bridgehead atoms. The minimum absolute atomic E-state index is 0.267. The van der Waals surface area contributed by atoms with Gasteiger partial charge >= 0.3 is 6.03 Å². The van der Waals surface area contributed by atoms with Crippen LogP contribution in [0.4, 0.5) is 4.79 Å². The van der Waals surface area contributed by atoms with Gasteiger partial charge in [-0.25, -0.2) is 4.79 Å². The van der Waals surface area contributed by atoms with Gasteiger partial charge in [-0.15, -0.1) is 0 Å². The first-order valence-corrected chi connectivity index (χ1v) is 5.71. The molecule has 6 heteroatoms. The topological polar surface area (TPSA) is 75.7 Å². The van der Waals surface area contributed by atoms with Crippen LogP contribution in [0.2, 0.25) is 0 Å². The summed E-state index contributed by atoms with van der Waals surface area (Å²) >= 11 is 0. The number of urea groups is 1. The molecule has 0 aromatic heterocycles. The minimum Gasteiger partial charge on any atom is -0.383 e. The predicted molar refractivity (Wildman–Crippen MR) is 58.0 cm³/mol. The molecule has 1 saturated carbocycles. The van der Waals surface area contributed by atoms with Gasteiger partial charge in [-0.2, -0.15) is 0 Å². The van der Waals surface area contributed by atoms with E-state index in [1.807, 2.05) is 0 Å². The van der Waals surface area contributed by atoms with Gasteiger partial charge < -0.3 is 4.74 Å². The maximum absolute atomic E-state index is 12.3. The van der Waals surface area contributed by atoms with Crippen LogP contribution in [-0.2, 0) is 14.3 Å². The monoisotopic (exact) mass is 240 g/mol. The zero-order chi connectivity index (χ0) is 12.6. The molecule has 4 amide bonds. The van der Waals surface area contributed by atoms with Crippen LogP contribution in [0.1, 0.15) is 26.2 Å². The summed E-state index contributed by atoms with van der Waals surface area (Å²) in [5.41, 5.74) is -0.990. The number of amides is 4. The number of rotatable bonds is 3. The van der Waals surface area contributed by atoms with Gasteiger partial charge in [0.2, 0.25) is 11.8 Å². The summed E-state index contributed by atoms with van der Waals surface area (Å²) in [7, 11) is 1.51. The summed E-state index contributed by atoms with van der Waals surface area (Å²) in [5.74, 6) is -0.818. The highest BCUT2D eigenvalue weighted by Gasteiger charge is 2.57. The van der Waals surface area contributed by atoms with Crippen molar-refractivity contribution in [3.05, 3.63) is 0 Å². The third-order valence-electron chi connectivity index (χ3n) is 3.56. The lowest BCUT2D eigenvalue weighted by Gasteiger charge is -2.46. The van der Waals surface area contributed by atoms with Crippen molar-refractivity contribution in [3.63, 3.8) is 0 Å². The summed E-state index contributed by atoms with van der Waals surface area (Å²) in [5, 5.41) is 2.26. The highest BCUT2D eigenvalue weighted by molar-refractivity contribution is 6.19. The number of methoxy groups -OCH3 is 1. The largest absolute Gasteiger partial charge is 0.383 e. The molecule has 6 nitrogen and oxygen atoms in total. The second kappa shape index (κ2) is 4.10. The van der Waals surface area contributed by atoms with E-state index in [4.69, 9.17) is 4.74 Å². The van der Waals surface area contributed by atoms with E-state index in [0.717, 1.165) is 11.3 Å². The number of carbonyl (C=O) groups is 3. The fraction of sp³-hybridized carbons (Fsp3) is 0.727. The average molecular weight is 240 g/mol. The molecule has 17 heavy (non-hydrogen) atoms. The molecule has 1 aliphatic carbocycles. The Balaban J connectivity index is 2.24. The average Bonchev–Trinajstić information content (AvgIpc) is 2.14. The molecule has 1 atom stereocenters. The van der Waals surface area contributed by atoms with Gasteiger partial charge in [0.1, 0.15) is 5.41 Å². The molecule has 94 valence electrons. The number of carbonyl (C=O) groups excluding carboxylic acids is 3. The molecule has 0 aromatic rings. The maximum Gasteiger partial charge on any atom is 0.331 e. The van der Waals surface area contributed by atoms with E-state index in [-0.39, 0.29) is 18.6 Å². The molecule has 0 aromatic carbocycles. The predicted octanol–water partition coefficient (Wildman–Crippen LogP) is 0.270. The van der Waals surface area contributed by atoms with Gasteiger partial charge in [0.25, 0.3) is 0 Å². The normalized spacial score (nSPS) is 24.6. The molecule has 1 saturated heterocycles. The van der Waals surface area contributed by atoms with Gasteiger partial charge in [-0.05, 0) is 19.8 Å². The van der Waals surface area contributed by atoms with E-state index in [0.29, 0.717) is 12.8 Å². The van der Waals surface area contributed by atoms with Crippen LogP contribution < -0.4 is 5.32 Å². The molecule has 1 N–H and O–H groups in total. The first kappa shape index (κ1) is 12.0. The lowest BCUT2D eigenvalue weighted by atomic mass is 9.66. The van der Waals surface area contributed by atoms with E-state index >= 15 is 0 Å². The lowest BCUT2D eigenvalue weighted by molar-refractivity contribution is -0.159. The van der Waals surface area contributed by atoms with Crippen LogP contribution in [0.3, 0.4) is 0 Å². The van der Waals surface area contributed by atoms with Crippen LogP contribution >= 0.6 is 0 Å². The minimum atomic E-state index is -0.990. The van der Waals surface area contributed by atoms with Gasteiger partial charge in [0, 0.05) is 7.11 Å². The Morgan fingerprint density at radius 1 is 1.41 bits per heavy atom. The molecule has 1 spiro atoms. The Morgan fingerprint density at radius 2 is 2.06 bits per heavy atom. The summed E-state index contributed by atoms with van der Waals surface area (Å²) in [6.07, 6.45) is 1.90. The molecule has 2 aliphatic rings. The number of imide groups is 2. The summed E-state index contributed by atoms with van der Waals surface area (Å²) in [6, 6.07) is -1.000. The molecular formula is C11H16N2O4. The van der Waals surface area contributed by atoms with Crippen molar-refractivity contribution < 1.29 is 19.1 Å². The van der Waals surface area contributed by atoms with Crippen LogP contribution in [0.25, 0.3) is 0 Å². The third-order valence-corrected chi connectivity index (χ3v) is 3.56. The van der Waals surface area contributed by atoms with Crippen LogP contribution in [0, 0.1) is 5.41 Å². The zero-order valence-electron chi connectivity index (χ0n) is 9.99. The Morgan fingerprint density at radius 3 is 2.53 bits per heavy atom. The fourth-order valence-electron chi connectivity index (χ4n) is 2.38. The van der Waals surface area contributed by atoms with E-state index in [1.165, 1.54) is 7.11 Å². The zero-order valence-corrected chi connectivity index (χ0v) is 9.99. The third kappa shape index (κ3) is 1.63. The molecule has 0 radical (unpaired) electrons. The number of ether oxygens (including phenoxy) is 1. The van der Waals surface area contributed by atoms with Crippen molar-refractivity contribution in [2.45, 2.75) is 32.2 Å². The molecule has 1 heterocycles. The Hall–Kier alpha value is -1.43. The molecular weight excluding hydrogens is 224 g/mol. The fourth-order valence-corrected chi connectivity index (χ4v) is 2.38. The van der Waals surface area contributed by atoms with Gasteiger partial charge in [-0.1, -0.05) is 6.42 Å². The van der Waals surface area contributed by atoms with E-state index in [2.05, 4.69) is 5.32 Å². The van der Waals surface area contributed by atoms with Gasteiger partial charge in [-0.3, -0.25) is 19.8 Å². The first-order chi connectivity index (χ1) is 8.03. The smallest absolute Gasteiger partial charge is 0.331 e. The number of hydrogen-bond acceptors (Lipinski definition) is 4. The van der Waals surface area contributed by atoms with Crippen LogP contribution in [0.5, 0.6) is 0 Å². The van der Waals surface area contributed by atoms with Crippen LogP contribution in [0.15, 0.2) is 0 Å². The van der Waals surface area contributed by atoms with Crippen molar-refractivity contribution >= 4 is 17.8 Å². The van der Waals surface area contributed by atoms with Gasteiger partial charge in [0.05, 0.1) is 12.6 Å². The van der Waals surface area contributed by atoms with Crippen LogP contribution in [-0.4, -0.2) is 42.5 Å². The van der Waals surface area contributed by atoms with Crippen molar-refractivity contribution in [2.75, 3.05) is 13.7 Å². The number of nitrogens with one attached hydrogen (secondary N) is 1. The summed E-state index contributed by atoms with van der Waals surface area (Å²) in [6.45, 7) is 1.99. The molecule has 2 fully saturated rings. The summed E-state index contributed by atoms with van der Waals surface area (Å²) < 4.78 is 4.94. The Bertz CT molecular complexity index is 376. The lowest BCUT2D eigenvalue weighted by Crippen LogP contribution is -2.68. The highest BCUT2D eigenvalue weighted by atomic mass is 16.5. The second-order valence-electron chi connectivity index (χ2n) is 4.67. The molecule has 1 aliphatic heterocycles. The first-order valence-electron chi connectivity index (χ1n) is 5.71. The standard InChI is InChI=1S/C11H16N2O4/c1-7(6-17-2)13-9(15)11(4-3-5-11)8(14)12-10(13)16/h7H,3-6H2,1-2H3,(H,12,14,16). The van der Waals surface area contributed by atoms with Crippen molar-refractivity contribution in [2.24, 2.45) is 5.41 Å². The quantitative estimate of drug-likeness (QED) is 0.718. The Labute approximate surface area is 99.3 Å². The maximum atomic E-state index is 12.3. The van der Waals surface area contributed by atoms with E-state index < -0.39 is 17.4 Å². The van der Waals surface area contributed by atoms with Crippen molar-refractivity contribution in [3.8, 4) is 0 Å². The molecule has 1 unspecified atom stereocenters. The number of barbiturate groups is 1. The number of nitrogens with zero attached hydrogens (tertiary/aromatic N) is 1. The van der Waals surface area contributed by atoms with Crippen molar-refractivity contribution in [1.29, 1.82) is 0 Å². The van der Waals surface area contributed by atoms with Crippen molar-refractivity contribution in [1.82, 2.24) is 10.2 Å². The highest BCUT2D eigenvalue weighted by Crippen LogP contribution is 2.44. The van der Waals surface area contributed by atoms with E-state index in [9.17, 15) is 14.4 Å². The molecule has 2 rings (SSSR count). The Kier molecular flexibility index (Phi) is 2.91. The SMILES string of the molecule is COCC(C)N1C(=O)NC(=O)C2(CCC2)C1=O. The summed E-state index contributed by atoms with van der Waals surface area (Å²) in [4.78, 5) is 36.8. The van der Waals surface area contributed by atoms with E-state index in [1.54, 1.807) is 6.92 Å². The number of hydrogen-bond donors (Lipinski definition) is 1. The van der Waals surface area contributed by atoms with Gasteiger partial charge in [0.15, 0.2) is 0 Å². The second-order valence-corrected chi connectivity index (χ2v) is 4.67.